The molecule has 4 nitrogen and oxygen atoms in total. The van der Waals surface area contributed by atoms with Crippen LogP contribution < -0.4 is 34.7 Å². The predicted octanol–water partition coefficient (Wildman–Crippen LogP) is 2.49. The molecule has 0 aliphatic rings. The van der Waals surface area contributed by atoms with E-state index in [4.69, 9.17) is 4.74 Å². The van der Waals surface area contributed by atoms with Crippen molar-refractivity contribution in [2.75, 3.05) is 6.61 Å². The monoisotopic (exact) mass is 404 g/mol. The molecule has 0 aliphatic carbocycles. The normalized spacial score (nSPS) is 10.3. The van der Waals surface area contributed by atoms with Crippen molar-refractivity contribution in [2.45, 2.75) is 116 Å². The molecule has 0 aromatic heterocycles. The number of ether oxygens (including phenoxy) is 1. The van der Waals surface area contributed by atoms with Crippen LogP contribution in [0.25, 0.3) is 0 Å². The Labute approximate surface area is 195 Å². The Morgan fingerprint density at radius 2 is 1.07 bits per heavy atom. The van der Waals surface area contributed by atoms with Gasteiger partial charge in [-0.15, -0.1) is 6.58 Å². The van der Waals surface area contributed by atoms with Gasteiger partial charge in [0.1, 0.15) is 0 Å². The first-order chi connectivity index (χ1) is 13.2. The van der Waals surface area contributed by atoms with E-state index in [1.165, 1.54) is 89.9 Å². The number of hydrogen-bond acceptors (Lipinski definition) is 4. The fourth-order valence-corrected chi connectivity index (χ4v) is 3.15. The van der Waals surface area contributed by atoms with Gasteiger partial charge in [-0.05, 0) is 25.7 Å². The molecule has 0 aliphatic heterocycles. The zero-order valence-electron chi connectivity index (χ0n) is 18.4. The van der Waals surface area contributed by atoms with Crippen molar-refractivity contribution in [1.29, 1.82) is 0 Å². The van der Waals surface area contributed by atoms with Gasteiger partial charge in [-0.2, -0.15) is 0 Å². The third-order valence-electron chi connectivity index (χ3n) is 4.85. The third-order valence-corrected chi connectivity index (χ3v) is 4.85. The van der Waals surface area contributed by atoms with Crippen molar-refractivity contribution >= 4 is 11.9 Å². The summed E-state index contributed by atoms with van der Waals surface area (Å²) in [5, 5.41) is 10.2. The summed E-state index contributed by atoms with van der Waals surface area (Å²) in [4.78, 5) is 21.4. The summed E-state index contributed by atoms with van der Waals surface area (Å²) in [6, 6.07) is 0. The zero-order chi connectivity index (χ0) is 20.0. The number of allylic oxidation sites excluding steroid dienone is 1. The van der Waals surface area contributed by atoms with E-state index in [0.29, 0.717) is 6.61 Å². The molecule has 0 N–H and O–H groups in total. The van der Waals surface area contributed by atoms with E-state index in [1.807, 2.05) is 6.08 Å². The van der Waals surface area contributed by atoms with Crippen LogP contribution in [0.15, 0.2) is 12.7 Å². The zero-order valence-corrected chi connectivity index (χ0v) is 20.4. The molecule has 0 heterocycles. The first-order valence-electron chi connectivity index (χ1n) is 11.1. The summed E-state index contributed by atoms with van der Waals surface area (Å²) >= 11 is 0. The van der Waals surface area contributed by atoms with Crippen LogP contribution in [0.2, 0.25) is 0 Å². The summed E-state index contributed by atoms with van der Waals surface area (Å²) < 4.78 is 4.98. The summed E-state index contributed by atoms with van der Waals surface area (Å²) in [5.41, 5.74) is 0. The van der Waals surface area contributed by atoms with Crippen LogP contribution in [-0.2, 0) is 14.3 Å². The van der Waals surface area contributed by atoms with Crippen LogP contribution in [0.4, 0.5) is 0 Å². The Hall–Kier alpha value is -0.320. The van der Waals surface area contributed by atoms with Crippen molar-refractivity contribution < 1.29 is 49.0 Å². The Morgan fingerprint density at radius 1 is 0.679 bits per heavy atom. The fraction of sp³-hybridized carbons (Fsp3) is 0.826. The summed E-state index contributed by atoms with van der Waals surface area (Å²) in [6.45, 7) is 4.16. The minimum absolute atomic E-state index is 0. The molecule has 0 bridgehead atoms. The van der Waals surface area contributed by atoms with Crippen LogP contribution in [0, 0.1) is 0 Å². The molecular weight excluding hydrogens is 363 g/mol. The molecule has 0 aromatic carbocycles. The minimum Gasteiger partial charge on any atom is -0.550 e. The number of carboxylic acid groups (broad SMARTS) is 1. The van der Waals surface area contributed by atoms with E-state index < -0.39 is 11.9 Å². The maximum atomic E-state index is 11.2. The topological polar surface area (TPSA) is 66.4 Å². The van der Waals surface area contributed by atoms with Crippen LogP contribution in [-0.4, -0.2) is 18.5 Å². The molecule has 0 rings (SSSR count). The molecule has 0 unspecified atom stereocenters. The Kier molecular flexibility index (Phi) is 26.4. The summed E-state index contributed by atoms with van der Waals surface area (Å²) in [5.74, 6) is -1.64. The van der Waals surface area contributed by atoms with Gasteiger partial charge in [-0.25, -0.2) is 0 Å². The molecule has 0 fully saturated rings. The van der Waals surface area contributed by atoms with Gasteiger partial charge in [0.2, 0.25) is 0 Å². The van der Waals surface area contributed by atoms with E-state index in [1.54, 1.807) is 0 Å². The van der Waals surface area contributed by atoms with Gasteiger partial charge in [-0.1, -0.05) is 89.5 Å². The molecule has 0 saturated carbocycles. The van der Waals surface area contributed by atoms with Gasteiger partial charge >= 0.3 is 35.5 Å². The van der Waals surface area contributed by atoms with E-state index in [2.05, 4.69) is 6.58 Å². The Morgan fingerprint density at radius 3 is 1.46 bits per heavy atom. The number of aliphatic carboxylic acids is 1. The molecule has 0 aromatic rings. The number of carboxylic acids is 1. The maximum absolute atomic E-state index is 11.2. The van der Waals surface area contributed by atoms with Crippen LogP contribution >= 0.6 is 0 Å². The van der Waals surface area contributed by atoms with Crippen LogP contribution in [0.1, 0.15) is 116 Å². The number of carbonyl (C=O) groups is 2. The smallest absolute Gasteiger partial charge is 0.550 e. The molecule has 0 saturated heterocycles. The van der Waals surface area contributed by atoms with Crippen molar-refractivity contribution in [3.05, 3.63) is 12.7 Å². The standard InChI is InChI=1S/C23H42O4.Na/c1-2-3-4-5-6-7-8-9-10-11-12-13-14-15-16-17-18-21-27-23(26)20-19-22(24)25;/h2H,1,3-21H2,(H,24,25);/q;+1/p-1. The molecule has 5 heteroatoms. The second kappa shape index (κ2) is 24.7. The number of esters is 1. The maximum Gasteiger partial charge on any atom is 1.00 e. The summed E-state index contributed by atoms with van der Waals surface area (Å²) in [7, 11) is 0. The van der Waals surface area contributed by atoms with E-state index in [9.17, 15) is 14.7 Å². The number of rotatable bonds is 21. The van der Waals surface area contributed by atoms with Gasteiger partial charge < -0.3 is 14.6 Å². The fourth-order valence-electron chi connectivity index (χ4n) is 3.15. The first-order valence-corrected chi connectivity index (χ1v) is 11.1. The largest absolute Gasteiger partial charge is 1.00 e. The van der Waals surface area contributed by atoms with Crippen molar-refractivity contribution in [1.82, 2.24) is 0 Å². The molecule has 158 valence electrons. The quantitative estimate of drug-likeness (QED) is 0.128. The average Bonchev–Trinajstić information content (AvgIpc) is 2.65. The molecule has 0 amide bonds. The second-order valence-electron chi connectivity index (χ2n) is 7.47. The van der Waals surface area contributed by atoms with E-state index >= 15 is 0 Å². The SMILES string of the molecule is C=CCCCCCCCCCCCCCCCCCOC(=O)CCC(=O)[O-].[Na+]. The minimum atomic E-state index is -1.21. The summed E-state index contributed by atoms with van der Waals surface area (Å²) in [6.07, 6.45) is 22.2. The van der Waals surface area contributed by atoms with Gasteiger partial charge in [0, 0.05) is 5.97 Å². The van der Waals surface area contributed by atoms with Crippen LogP contribution in [0.3, 0.4) is 0 Å². The van der Waals surface area contributed by atoms with Crippen molar-refractivity contribution in [3.8, 4) is 0 Å². The van der Waals surface area contributed by atoms with E-state index in [0.717, 1.165) is 12.8 Å². The molecular formula is C23H41NaO4. The van der Waals surface area contributed by atoms with Crippen molar-refractivity contribution in [2.24, 2.45) is 0 Å². The van der Waals surface area contributed by atoms with Gasteiger partial charge in [0.05, 0.1) is 13.0 Å². The van der Waals surface area contributed by atoms with Crippen molar-refractivity contribution in [3.63, 3.8) is 0 Å². The number of unbranched alkanes of at least 4 members (excludes halogenated alkanes) is 15. The Bertz CT molecular complexity index is 372. The van der Waals surface area contributed by atoms with Crippen LogP contribution in [0.5, 0.6) is 0 Å². The second-order valence-corrected chi connectivity index (χ2v) is 7.47. The first kappa shape index (κ1) is 29.9. The molecule has 0 radical (unpaired) electrons. The van der Waals surface area contributed by atoms with Gasteiger partial charge in [0.15, 0.2) is 0 Å². The van der Waals surface area contributed by atoms with Gasteiger partial charge in [0.25, 0.3) is 0 Å². The van der Waals surface area contributed by atoms with Gasteiger partial charge in [-0.3, -0.25) is 4.79 Å². The molecule has 28 heavy (non-hydrogen) atoms. The predicted molar refractivity (Wildman–Crippen MR) is 109 cm³/mol. The number of hydrogen-bond donors (Lipinski definition) is 0. The number of carbonyl (C=O) groups excluding carboxylic acids is 2. The molecule has 0 spiro atoms. The molecule has 0 atom stereocenters. The third kappa shape index (κ3) is 25.7. The van der Waals surface area contributed by atoms with E-state index in [-0.39, 0.29) is 42.4 Å². The average molecular weight is 405 g/mol. The Balaban J connectivity index is 0.